The third kappa shape index (κ3) is 3.79. The van der Waals surface area contributed by atoms with Crippen LogP contribution in [0.25, 0.3) is 11.2 Å². The maximum Gasteiger partial charge on any atom is 0.333 e. The molecule has 2 rings (SSSR count). The summed E-state index contributed by atoms with van der Waals surface area (Å²) >= 11 is 0. The number of hydrogen-bond acceptors (Lipinski definition) is 6. The van der Waals surface area contributed by atoms with Crippen molar-refractivity contribution in [3.05, 3.63) is 27.2 Å². The van der Waals surface area contributed by atoms with Crippen LogP contribution in [0, 0.1) is 0 Å². The van der Waals surface area contributed by atoms with Crippen LogP contribution in [0.5, 0.6) is 0 Å². The molecular weight excluding hydrogens is 300 g/mol. The van der Waals surface area contributed by atoms with Crippen molar-refractivity contribution in [2.75, 3.05) is 0 Å². The lowest BCUT2D eigenvalue weighted by molar-refractivity contribution is -0.152. The van der Waals surface area contributed by atoms with Crippen LogP contribution >= 0.6 is 0 Å². The molecule has 0 aliphatic rings. The molecule has 120 valence electrons. The Morgan fingerprint density at radius 3 is 2.36 bits per heavy atom. The Morgan fingerprint density at radius 2 is 1.91 bits per heavy atom. The summed E-state index contributed by atoms with van der Waals surface area (Å²) in [5, 5.41) is 24.1. The molecule has 4 N–H and O–H groups in total. The van der Waals surface area contributed by atoms with Gasteiger partial charge in [-0.2, -0.15) is 0 Å². The van der Waals surface area contributed by atoms with Crippen LogP contribution in [-0.4, -0.2) is 52.5 Å². The van der Waals surface area contributed by atoms with Crippen molar-refractivity contribution >= 4 is 23.1 Å². The normalized spacial score (nSPS) is 11.6. The zero-order valence-electron chi connectivity index (χ0n) is 11.7. The Morgan fingerprint density at radius 1 is 1.32 bits per heavy atom. The molecule has 2 heterocycles. The van der Waals surface area contributed by atoms with E-state index in [1.54, 1.807) is 18.7 Å². The number of carboxylic acids is 2. The molecule has 0 amide bonds. The van der Waals surface area contributed by atoms with Gasteiger partial charge in [-0.05, 0) is 0 Å². The van der Waals surface area contributed by atoms with Crippen molar-refractivity contribution in [2.45, 2.75) is 12.5 Å². The lowest BCUT2D eigenvalue weighted by Crippen LogP contribution is -2.28. The van der Waals surface area contributed by atoms with E-state index in [0.717, 1.165) is 0 Å². The van der Waals surface area contributed by atoms with Crippen molar-refractivity contribution in [1.82, 2.24) is 19.1 Å². The molecule has 0 saturated carbocycles. The SMILES string of the molecule is Cn1cnc2c1c(=O)[nH]c(=O)n2C.O=C(O)CC(O)C(=O)O. The number of carboxylic acid groups (broad SMARTS) is 2. The molecule has 0 aliphatic carbocycles. The Hall–Kier alpha value is -2.95. The summed E-state index contributed by atoms with van der Waals surface area (Å²) in [7, 11) is 3.27. The van der Waals surface area contributed by atoms with E-state index in [2.05, 4.69) is 9.97 Å². The number of hydrogen-bond donors (Lipinski definition) is 4. The quantitative estimate of drug-likeness (QED) is 0.498. The van der Waals surface area contributed by atoms with Crippen LogP contribution < -0.4 is 11.2 Å². The van der Waals surface area contributed by atoms with Crippen LogP contribution in [0.4, 0.5) is 0 Å². The van der Waals surface area contributed by atoms with Crippen molar-refractivity contribution < 1.29 is 24.9 Å². The fourth-order valence-corrected chi connectivity index (χ4v) is 1.51. The van der Waals surface area contributed by atoms with Crippen LogP contribution in [0.2, 0.25) is 0 Å². The minimum absolute atomic E-state index is 0.399. The van der Waals surface area contributed by atoms with Gasteiger partial charge in [0.25, 0.3) is 5.56 Å². The number of fused-ring (bicyclic) bond motifs is 1. The number of carbonyl (C=O) groups is 2. The average molecular weight is 314 g/mol. The van der Waals surface area contributed by atoms with Crippen molar-refractivity contribution in [3.63, 3.8) is 0 Å². The largest absolute Gasteiger partial charge is 0.481 e. The first-order valence-corrected chi connectivity index (χ1v) is 5.88. The van der Waals surface area contributed by atoms with Crippen LogP contribution in [0.3, 0.4) is 0 Å². The van der Waals surface area contributed by atoms with Gasteiger partial charge < -0.3 is 19.9 Å². The number of aromatic nitrogens is 4. The molecule has 0 bridgehead atoms. The van der Waals surface area contributed by atoms with Crippen molar-refractivity contribution in [2.24, 2.45) is 14.1 Å². The third-order valence-electron chi connectivity index (χ3n) is 2.63. The third-order valence-corrected chi connectivity index (χ3v) is 2.63. The molecule has 11 nitrogen and oxygen atoms in total. The maximum atomic E-state index is 11.3. The molecule has 0 spiro atoms. The van der Waals surface area contributed by atoms with Gasteiger partial charge in [0.1, 0.15) is 0 Å². The Kier molecular flexibility index (Phi) is 5.18. The van der Waals surface area contributed by atoms with Gasteiger partial charge in [0, 0.05) is 14.1 Å². The van der Waals surface area contributed by atoms with Gasteiger partial charge in [-0.3, -0.25) is 19.1 Å². The van der Waals surface area contributed by atoms with Crippen LogP contribution in [0.1, 0.15) is 6.42 Å². The first kappa shape index (κ1) is 17.1. The summed E-state index contributed by atoms with van der Waals surface area (Å²) in [4.78, 5) is 48.0. The summed E-state index contributed by atoms with van der Waals surface area (Å²) in [6.45, 7) is 0. The van der Waals surface area contributed by atoms with Crippen LogP contribution in [0.15, 0.2) is 15.9 Å². The molecule has 0 fully saturated rings. The zero-order chi connectivity index (χ0) is 17.0. The van der Waals surface area contributed by atoms with Crippen molar-refractivity contribution in [3.8, 4) is 0 Å². The van der Waals surface area contributed by atoms with E-state index in [1.165, 1.54) is 10.9 Å². The highest BCUT2D eigenvalue weighted by Gasteiger charge is 2.16. The molecular formula is C11H14N4O7. The molecule has 0 aromatic carbocycles. The van der Waals surface area contributed by atoms with E-state index in [4.69, 9.17) is 15.3 Å². The number of aliphatic carboxylic acids is 2. The Labute approximate surface area is 122 Å². The molecule has 0 radical (unpaired) electrons. The number of aliphatic hydroxyl groups excluding tert-OH is 1. The molecule has 1 atom stereocenters. The smallest absolute Gasteiger partial charge is 0.333 e. The van der Waals surface area contributed by atoms with E-state index >= 15 is 0 Å². The van der Waals surface area contributed by atoms with Gasteiger partial charge in [0.05, 0.1) is 12.7 Å². The van der Waals surface area contributed by atoms with Crippen LogP contribution in [-0.2, 0) is 23.7 Å². The molecule has 11 heteroatoms. The first-order valence-electron chi connectivity index (χ1n) is 5.88. The second-order valence-corrected chi connectivity index (χ2v) is 4.30. The predicted molar refractivity (Wildman–Crippen MR) is 72.5 cm³/mol. The summed E-state index contributed by atoms with van der Waals surface area (Å²) in [5.74, 6) is -2.85. The zero-order valence-corrected chi connectivity index (χ0v) is 11.7. The second kappa shape index (κ2) is 6.67. The lowest BCUT2D eigenvalue weighted by atomic mass is 10.3. The summed E-state index contributed by atoms with van der Waals surface area (Å²) in [5.41, 5.74) is -0.0485. The highest BCUT2D eigenvalue weighted by molar-refractivity contribution is 5.79. The van der Waals surface area contributed by atoms with Crippen molar-refractivity contribution in [1.29, 1.82) is 0 Å². The molecule has 22 heavy (non-hydrogen) atoms. The summed E-state index contributed by atoms with van der Waals surface area (Å²) < 4.78 is 2.88. The van der Waals surface area contributed by atoms with Gasteiger partial charge >= 0.3 is 17.6 Å². The monoisotopic (exact) mass is 314 g/mol. The topological polar surface area (TPSA) is 168 Å². The fraction of sp³-hybridized carbons (Fsp3) is 0.364. The van der Waals surface area contributed by atoms with Gasteiger partial charge in [-0.25, -0.2) is 14.6 Å². The first-order chi connectivity index (χ1) is 10.1. The second-order valence-electron chi connectivity index (χ2n) is 4.30. The number of aromatic amines is 1. The standard InChI is InChI=1S/C7H8N4O2.C4H6O5/c1-10-3-8-5-4(10)6(12)9-7(13)11(5)2;5-2(4(8)9)1-3(6)7/h3H,1-2H3,(H,9,12,13);2,5H,1H2,(H,6,7)(H,8,9). The molecule has 1 unspecified atom stereocenters. The highest BCUT2D eigenvalue weighted by Crippen LogP contribution is 2.00. The molecule has 2 aromatic rings. The Bertz CT molecular complexity index is 816. The van der Waals surface area contributed by atoms with E-state index in [9.17, 15) is 19.2 Å². The summed E-state index contributed by atoms with van der Waals surface area (Å²) in [6, 6.07) is 0. The minimum Gasteiger partial charge on any atom is -0.481 e. The van der Waals surface area contributed by atoms with Gasteiger partial charge in [-0.1, -0.05) is 0 Å². The van der Waals surface area contributed by atoms with E-state index in [1.807, 2.05) is 0 Å². The van der Waals surface area contributed by atoms with Gasteiger partial charge in [0.2, 0.25) is 0 Å². The van der Waals surface area contributed by atoms with E-state index in [-0.39, 0.29) is 0 Å². The lowest BCUT2D eigenvalue weighted by Gasteiger charge is -1.97. The minimum atomic E-state index is -1.79. The number of nitrogens with one attached hydrogen (secondary N) is 1. The number of rotatable bonds is 3. The van der Waals surface area contributed by atoms with E-state index < -0.39 is 35.7 Å². The predicted octanol–water partition coefficient (Wildman–Crippen LogP) is -2.13. The average Bonchev–Trinajstić information content (AvgIpc) is 2.78. The summed E-state index contributed by atoms with van der Waals surface area (Å²) in [6.07, 6.45) is -1.04. The molecule has 2 aromatic heterocycles. The molecule has 0 saturated heterocycles. The number of aliphatic hydroxyl groups is 1. The Balaban J connectivity index is 0.000000239. The number of imidazole rings is 1. The molecule has 0 aliphatic heterocycles. The number of aryl methyl sites for hydroxylation is 2. The van der Waals surface area contributed by atoms with Gasteiger partial charge in [-0.15, -0.1) is 0 Å². The fourth-order valence-electron chi connectivity index (χ4n) is 1.51. The maximum absolute atomic E-state index is 11.3. The number of H-pyrrole nitrogens is 1. The number of nitrogens with zero attached hydrogens (tertiary/aromatic N) is 3. The highest BCUT2D eigenvalue weighted by atomic mass is 16.4. The van der Waals surface area contributed by atoms with E-state index in [0.29, 0.717) is 11.2 Å². The van der Waals surface area contributed by atoms with Gasteiger partial charge in [0.15, 0.2) is 17.3 Å².